The summed E-state index contributed by atoms with van der Waals surface area (Å²) >= 11 is 0. The quantitative estimate of drug-likeness (QED) is 0.690. The van der Waals surface area contributed by atoms with E-state index in [2.05, 4.69) is 10.2 Å². The molecule has 0 saturated carbocycles. The van der Waals surface area contributed by atoms with Crippen molar-refractivity contribution in [1.82, 2.24) is 10.2 Å². The predicted molar refractivity (Wildman–Crippen MR) is 81.1 cm³/mol. The van der Waals surface area contributed by atoms with Crippen molar-refractivity contribution in [3.8, 4) is 11.3 Å². The molecule has 0 unspecified atom stereocenters. The summed E-state index contributed by atoms with van der Waals surface area (Å²) in [6, 6.07) is 4.77. The highest BCUT2D eigenvalue weighted by molar-refractivity contribution is 7.92. The largest absolute Gasteiger partial charge is 0.278 e. The number of benzene rings is 2. The topological polar surface area (TPSA) is 74.8 Å². The molecule has 0 aliphatic carbocycles. The molecule has 10 heteroatoms. The van der Waals surface area contributed by atoms with Crippen molar-refractivity contribution in [2.45, 2.75) is 4.90 Å². The number of sulfonamides is 1. The van der Waals surface area contributed by atoms with Gasteiger partial charge in [0.1, 0.15) is 22.3 Å². The van der Waals surface area contributed by atoms with Crippen molar-refractivity contribution in [2.75, 3.05) is 4.72 Å². The molecule has 0 saturated heterocycles. The molecule has 0 amide bonds. The number of nitrogens with one attached hydrogen (secondary N) is 2. The van der Waals surface area contributed by atoms with Crippen LogP contribution in [-0.2, 0) is 10.0 Å². The van der Waals surface area contributed by atoms with Gasteiger partial charge in [0.2, 0.25) is 0 Å². The molecule has 3 rings (SSSR count). The Morgan fingerprint density at radius 3 is 2.36 bits per heavy atom. The van der Waals surface area contributed by atoms with E-state index in [1.165, 1.54) is 12.3 Å². The van der Waals surface area contributed by atoms with Gasteiger partial charge in [-0.2, -0.15) is 5.10 Å². The van der Waals surface area contributed by atoms with Crippen LogP contribution in [0.2, 0.25) is 0 Å². The van der Waals surface area contributed by atoms with Gasteiger partial charge in [-0.1, -0.05) is 0 Å². The maximum atomic E-state index is 14.5. The lowest BCUT2D eigenvalue weighted by atomic mass is 10.1. The van der Waals surface area contributed by atoms with Crippen LogP contribution in [0.3, 0.4) is 0 Å². The first kappa shape index (κ1) is 17.0. The molecule has 1 heterocycles. The maximum absolute atomic E-state index is 14.5. The van der Waals surface area contributed by atoms with Crippen molar-refractivity contribution in [1.29, 1.82) is 0 Å². The zero-order valence-corrected chi connectivity index (χ0v) is 13.0. The van der Waals surface area contributed by atoms with Crippen molar-refractivity contribution in [3.63, 3.8) is 0 Å². The lowest BCUT2D eigenvalue weighted by molar-refractivity contribution is 0.554. The first-order valence-electron chi connectivity index (χ1n) is 6.75. The Kier molecular flexibility index (Phi) is 4.21. The highest BCUT2D eigenvalue weighted by Crippen LogP contribution is 2.30. The molecule has 1 aromatic heterocycles. The van der Waals surface area contributed by atoms with Crippen molar-refractivity contribution in [3.05, 3.63) is 65.9 Å². The number of hydrogen-bond donors (Lipinski definition) is 2. The second kappa shape index (κ2) is 6.20. The Labute approximate surface area is 139 Å². The molecule has 2 aromatic carbocycles. The van der Waals surface area contributed by atoms with Crippen LogP contribution in [0.4, 0.5) is 23.2 Å². The summed E-state index contributed by atoms with van der Waals surface area (Å²) in [6.45, 7) is 0. The summed E-state index contributed by atoms with van der Waals surface area (Å²) in [5, 5.41) is 5.92. The molecule has 0 aliphatic rings. The second-order valence-corrected chi connectivity index (χ2v) is 6.59. The van der Waals surface area contributed by atoms with Gasteiger partial charge in [-0.05, 0) is 36.4 Å². The zero-order chi connectivity index (χ0) is 18.2. The third-order valence-corrected chi connectivity index (χ3v) is 4.67. The fraction of sp³-hybridized carbons (Fsp3) is 0. The minimum atomic E-state index is -4.64. The fourth-order valence-electron chi connectivity index (χ4n) is 2.16. The van der Waals surface area contributed by atoms with E-state index in [1.54, 1.807) is 4.72 Å². The van der Waals surface area contributed by atoms with Crippen LogP contribution in [-0.4, -0.2) is 18.6 Å². The van der Waals surface area contributed by atoms with Crippen LogP contribution in [0.1, 0.15) is 0 Å². The van der Waals surface area contributed by atoms with Crippen LogP contribution in [0.25, 0.3) is 11.3 Å². The SMILES string of the molecule is O=S(=O)(Nc1ccc(F)c(-c2ccn[nH]2)c1F)c1cc(F)ccc1F. The van der Waals surface area contributed by atoms with Crippen molar-refractivity contribution in [2.24, 2.45) is 0 Å². The summed E-state index contributed by atoms with van der Waals surface area (Å²) in [5.74, 6) is -4.39. The summed E-state index contributed by atoms with van der Waals surface area (Å²) in [6.07, 6.45) is 1.26. The lowest BCUT2D eigenvalue weighted by Gasteiger charge is -2.12. The summed E-state index contributed by atoms with van der Waals surface area (Å²) < 4.78 is 81.5. The Hall–Kier alpha value is -2.88. The lowest BCUT2D eigenvalue weighted by Crippen LogP contribution is -2.16. The molecule has 3 aromatic rings. The van der Waals surface area contributed by atoms with Crippen LogP contribution in [0.5, 0.6) is 0 Å². The number of aromatic nitrogens is 2. The molecule has 0 spiro atoms. The monoisotopic (exact) mass is 371 g/mol. The van der Waals surface area contributed by atoms with E-state index in [1.807, 2.05) is 0 Å². The van der Waals surface area contributed by atoms with Gasteiger partial charge in [-0.25, -0.2) is 26.0 Å². The van der Waals surface area contributed by atoms with E-state index >= 15 is 0 Å². The molecular weight excluding hydrogens is 362 g/mol. The zero-order valence-electron chi connectivity index (χ0n) is 12.2. The van der Waals surface area contributed by atoms with E-state index in [-0.39, 0.29) is 5.69 Å². The Balaban J connectivity index is 2.07. The third-order valence-electron chi connectivity index (χ3n) is 3.29. The minimum Gasteiger partial charge on any atom is -0.278 e. The van der Waals surface area contributed by atoms with Gasteiger partial charge in [0.15, 0.2) is 5.82 Å². The van der Waals surface area contributed by atoms with Gasteiger partial charge in [0.05, 0.1) is 16.9 Å². The average Bonchev–Trinajstić information content (AvgIpc) is 3.06. The molecule has 25 heavy (non-hydrogen) atoms. The van der Waals surface area contributed by atoms with E-state index in [9.17, 15) is 26.0 Å². The molecule has 0 fully saturated rings. The van der Waals surface area contributed by atoms with E-state index in [0.717, 1.165) is 18.2 Å². The first-order valence-corrected chi connectivity index (χ1v) is 8.23. The fourth-order valence-corrected chi connectivity index (χ4v) is 3.31. The van der Waals surface area contributed by atoms with Crippen molar-refractivity contribution >= 4 is 15.7 Å². The molecule has 130 valence electrons. The van der Waals surface area contributed by atoms with Crippen LogP contribution in [0, 0.1) is 23.3 Å². The molecule has 0 radical (unpaired) electrons. The highest BCUT2D eigenvalue weighted by Gasteiger charge is 2.24. The third kappa shape index (κ3) is 3.20. The molecule has 2 N–H and O–H groups in total. The number of halogens is 4. The number of nitrogens with zero attached hydrogens (tertiary/aromatic N) is 1. The predicted octanol–water partition coefficient (Wildman–Crippen LogP) is 3.43. The van der Waals surface area contributed by atoms with Crippen LogP contribution in [0.15, 0.2) is 47.5 Å². The van der Waals surface area contributed by atoms with Gasteiger partial charge in [-0.3, -0.25) is 9.82 Å². The van der Waals surface area contributed by atoms with E-state index < -0.39 is 49.4 Å². The number of rotatable bonds is 4. The Bertz CT molecular complexity index is 1040. The van der Waals surface area contributed by atoms with Crippen LogP contribution < -0.4 is 4.72 Å². The summed E-state index contributed by atoms with van der Waals surface area (Å²) in [5.41, 5.74) is -1.19. The van der Waals surface area contributed by atoms with Gasteiger partial charge < -0.3 is 0 Å². The standard InChI is InChI=1S/C15H9F4N3O2S/c16-8-1-2-9(17)13(7-8)25(23,24)22-12-4-3-10(18)14(15(12)19)11-5-6-20-21-11/h1-7,22H,(H,20,21). The molecule has 5 nitrogen and oxygen atoms in total. The van der Waals surface area contributed by atoms with E-state index in [0.29, 0.717) is 12.1 Å². The average molecular weight is 371 g/mol. The second-order valence-electron chi connectivity index (χ2n) is 4.93. The number of hydrogen-bond acceptors (Lipinski definition) is 3. The molecular formula is C15H9F4N3O2S. The number of H-pyrrole nitrogens is 1. The number of aromatic amines is 1. The summed E-state index contributed by atoms with van der Waals surface area (Å²) in [4.78, 5) is -1.00. The van der Waals surface area contributed by atoms with Gasteiger partial charge in [0.25, 0.3) is 10.0 Å². The minimum absolute atomic E-state index is 0.0204. The highest BCUT2D eigenvalue weighted by atomic mass is 32.2. The van der Waals surface area contributed by atoms with Gasteiger partial charge >= 0.3 is 0 Å². The van der Waals surface area contributed by atoms with Gasteiger partial charge in [-0.15, -0.1) is 0 Å². The smallest absolute Gasteiger partial charge is 0.265 e. The van der Waals surface area contributed by atoms with Crippen LogP contribution >= 0.6 is 0 Å². The first-order chi connectivity index (χ1) is 11.8. The van der Waals surface area contributed by atoms with Crippen molar-refractivity contribution < 1.29 is 26.0 Å². The number of anilines is 1. The van der Waals surface area contributed by atoms with E-state index in [4.69, 9.17) is 0 Å². The molecule has 0 bridgehead atoms. The normalized spacial score (nSPS) is 11.5. The molecule has 0 atom stereocenters. The van der Waals surface area contributed by atoms with Gasteiger partial charge in [0, 0.05) is 6.20 Å². The maximum Gasteiger partial charge on any atom is 0.265 e. The summed E-state index contributed by atoms with van der Waals surface area (Å²) in [7, 11) is -4.64. The Morgan fingerprint density at radius 2 is 1.68 bits per heavy atom. The Morgan fingerprint density at radius 1 is 0.960 bits per heavy atom. The molecule has 0 aliphatic heterocycles.